The average molecular weight is 393 g/mol. The van der Waals surface area contributed by atoms with Gasteiger partial charge in [0.15, 0.2) is 0 Å². The largest absolute Gasteiger partial charge is 0.326 e. The van der Waals surface area contributed by atoms with Gasteiger partial charge >= 0.3 is 0 Å². The molecule has 3 aromatic carbocycles. The predicted molar refractivity (Wildman–Crippen MR) is 119 cm³/mol. The monoisotopic (exact) mass is 392 g/mol. The van der Waals surface area contributed by atoms with E-state index in [1.54, 1.807) is 11.8 Å². The maximum Gasteiger partial charge on any atom is 0.234 e. The van der Waals surface area contributed by atoms with Crippen molar-refractivity contribution in [3.8, 4) is 0 Å². The summed E-state index contributed by atoms with van der Waals surface area (Å²) in [5.41, 5.74) is 2.78. The predicted octanol–water partition coefficient (Wildman–Crippen LogP) is 5.24. The van der Waals surface area contributed by atoms with Crippen LogP contribution in [0.1, 0.15) is 18.4 Å². The Morgan fingerprint density at radius 1 is 0.893 bits per heavy atom. The smallest absolute Gasteiger partial charge is 0.234 e. The van der Waals surface area contributed by atoms with Crippen molar-refractivity contribution in [3.63, 3.8) is 0 Å². The van der Waals surface area contributed by atoms with Gasteiger partial charge in [-0.15, -0.1) is 0 Å². The molecule has 0 saturated carbocycles. The van der Waals surface area contributed by atoms with Crippen LogP contribution in [0.3, 0.4) is 0 Å². The molecular formula is C23H24N2O2S. The van der Waals surface area contributed by atoms with Gasteiger partial charge in [-0.3, -0.25) is 9.59 Å². The molecular weight excluding hydrogens is 368 g/mol. The highest BCUT2D eigenvalue weighted by Gasteiger charge is 2.07. The molecule has 0 atom stereocenters. The zero-order chi connectivity index (χ0) is 19.8. The number of fused-ring (bicyclic) bond motifs is 1. The quantitative estimate of drug-likeness (QED) is 0.516. The topological polar surface area (TPSA) is 58.2 Å². The Morgan fingerprint density at radius 3 is 2.54 bits per heavy atom. The standard InChI is InChI=1S/C23H24N2O2S/c1-17-7-4-10-19(15-17)24-22(26)13-6-14-28-16-23(27)25-21-12-5-9-18-8-2-3-11-20(18)21/h2-5,7-12,15H,6,13-14,16H2,1H3,(H,24,26)(H,25,27). The number of carbonyl (C=O) groups excluding carboxylic acids is 2. The van der Waals surface area contributed by atoms with Gasteiger partial charge in [0.05, 0.1) is 5.75 Å². The Labute approximate surface area is 169 Å². The SMILES string of the molecule is Cc1cccc(NC(=O)CCCSCC(=O)Nc2cccc3ccccc23)c1. The van der Waals surface area contributed by atoms with Gasteiger partial charge in [-0.1, -0.05) is 48.5 Å². The molecule has 0 aliphatic carbocycles. The number of carbonyl (C=O) groups is 2. The summed E-state index contributed by atoms with van der Waals surface area (Å²) in [6.45, 7) is 2.00. The number of benzene rings is 3. The number of hydrogen-bond donors (Lipinski definition) is 2. The number of amides is 2. The van der Waals surface area contributed by atoms with Crippen LogP contribution in [0.15, 0.2) is 66.7 Å². The molecule has 3 rings (SSSR count). The lowest BCUT2D eigenvalue weighted by atomic mass is 10.1. The van der Waals surface area contributed by atoms with Gasteiger partial charge in [0.1, 0.15) is 0 Å². The van der Waals surface area contributed by atoms with Gasteiger partial charge in [-0.25, -0.2) is 0 Å². The number of hydrogen-bond acceptors (Lipinski definition) is 3. The summed E-state index contributed by atoms with van der Waals surface area (Å²) in [7, 11) is 0. The molecule has 4 nitrogen and oxygen atoms in total. The number of nitrogens with one attached hydrogen (secondary N) is 2. The lowest BCUT2D eigenvalue weighted by Gasteiger charge is -2.09. The second kappa shape index (κ2) is 9.95. The fourth-order valence-corrected chi connectivity index (χ4v) is 3.72. The minimum absolute atomic E-state index is 0.00593. The minimum Gasteiger partial charge on any atom is -0.326 e. The maximum absolute atomic E-state index is 12.2. The van der Waals surface area contributed by atoms with Crippen molar-refractivity contribution < 1.29 is 9.59 Å². The molecule has 0 spiro atoms. The summed E-state index contributed by atoms with van der Waals surface area (Å²) in [5.74, 6) is 1.13. The van der Waals surface area contributed by atoms with Gasteiger partial charge in [0, 0.05) is 23.2 Å². The van der Waals surface area contributed by atoms with E-state index in [9.17, 15) is 9.59 Å². The molecule has 0 bridgehead atoms. The van der Waals surface area contributed by atoms with E-state index in [0.29, 0.717) is 12.2 Å². The Bertz CT molecular complexity index is 966. The highest BCUT2D eigenvalue weighted by atomic mass is 32.2. The summed E-state index contributed by atoms with van der Waals surface area (Å²) in [6, 6.07) is 21.6. The van der Waals surface area contributed by atoms with Gasteiger partial charge in [-0.05, 0) is 48.2 Å². The molecule has 0 heterocycles. The summed E-state index contributed by atoms with van der Waals surface area (Å²) >= 11 is 1.54. The average Bonchev–Trinajstić information content (AvgIpc) is 2.68. The van der Waals surface area contributed by atoms with Crippen molar-refractivity contribution in [2.24, 2.45) is 0 Å². The fraction of sp³-hybridized carbons (Fsp3) is 0.217. The Hall–Kier alpha value is -2.79. The first-order chi connectivity index (χ1) is 13.6. The molecule has 3 aromatic rings. The van der Waals surface area contributed by atoms with Crippen LogP contribution in [-0.4, -0.2) is 23.3 Å². The van der Waals surface area contributed by atoms with Crippen LogP contribution in [0.5, 0.6) is 0 Å². The normalized spacial score (nSPS) is 10.6. The number of anilines is 2. The van der Waals surface area contributed by atoms with Crippen LogP contribution in [0.25, 0.3) is 10.8 Å². The number of rotatable bonds is 8. The van der Waals surface area contributed by atoms with Crippen LogP contribution in [0, 0.1) is 6.92 Å². The molecule has 28 heavy (non-hydrogen) atoms. The number of thioether (sulfide) groups is 1. The Morgan fingerprint density at radius 2 is 1.68 bits per heavy atom. The first-order valence-corrected chi connectivity index (χ1v) is 10.5. The fourth-order valence-electron chi connectivity index (χ4n) is 2.97. The van der Waals surface area contributed by atoms with E-state index in [0.717, 1.165) is 39.9 Å². The van der Waals surface area contributed by atoms with Crippen LogP contribution in [-0.2, 0) is 9.59 Å². The van der Waals surface area contributed by atoms with Crippen molar-refractivity contribution in [3.05, 3.63) is 72.3 Å². The Kier molecular flexibility index (Phi) is 7.09. The first-order valence-electron chi connectivity index (χ1n) is 9.34. The van der Waals surface area contributed by atoms with Gasteiger partial charge in [0.25, 0.3) is 0 Å². The molecule has 2 amide bonds. The third-order valence-electron chi connectivity index (χ3n) is 4.29. The molecule has 0 unspecified atom stereocenters. The maximum atomic E-state index is 12.2. The summed E-state index contributed by atoms with van der Waals surface area (Å²) in [6.07, 6.45) is 1.19. The van der Waals surface area contributed by atoms with Gasteiger partial charge in [0.2, 0.25) is 11.8 Å². The molecule has 0 aliphatic heterocycles. The van der Waals surface area contributed by atoms with Crippen LogP contribution >= 0.6 is 11.8 Å². The number of aryl methyl sites for hydroxylation is 1. The highest BCUT2D eigenvalue weighted by molar-refractivity contribution is 7.99. The first kappa shape index (κ1) is 20.0. The van der Waals surface area contributed by atoms with Crippen LogP contribution in [0.4, 0.5) is 11.4 Å². The summed E-state index contributed by atoms with van der Waals surface area (Å²) in [4.78, 5) is 24.2. The molecule has 0 saturated heterocycles. The molecule has 2 N–H and O–H groups in total. The second-order valence-corrected chi connectivity index (χ2v) is 7.75. The zero-order valence-corrected chi connectivity index (χ0v) is 16.7. The third kappa shape index (κ3) is 5.86. The van der Waals surface area contributed by atoms with Gasteiger partial charge in [-0.2, -0.15) is 11.8 Å². The Balaban J connectivity index is 1.37. The van der Waals surface area contributed by atoms with Crippen molar-refractivity contribution >= 4 is 45.7 Å². The minimum atomic E-state index is -0.0226. The van der Waals surface area contributed by atoms with Crippen molar-refractivity contribution in [2.45, 2.75) is 19.8 Å². The summed E-state index contributed by atoms with van der Waals surface area (Å²) < 4.78 is 0. The van der Waals surface area contributed by atoms with Gasteiger partial charge < -0.3 is 10.6 Å². The lowest BCUT2D eigenvalue weighted by Crippen LogP contribution is -2.15. The molecule has 0 fully saturated rings. The molecule has 5 heteroatoms. The molecule has 0 radical (unpaired) electrons. The van der Waals surface area contributed by atoms with E-state index in [2.05, 4.69) is 10.6 Å². The van der Waals surface area contributed by atoms with E-state index in [-0.39, 0.29) is 11.8 Å². The lowest BCUT2D eigenvalue weighted by molar-refractivity contribution is -0.116. The zero-order valence-electron chi connectivity index (χ0n) is 15.9. The summed E-state index contributed by atoms with van der Waals surface area (Å²) in [5, 5.41) is 8.03. The van der Waals surface area contributed by atoms with E-state index >= 15 is 0 Å². The van der Waals surface area contributed by atoms with E-state index in [1.165, 1.54) is 0 Å². The van der Waals surface area contributed by atoms with E-state index in [1.807, 2.05) is 73.7 Å². The van der Waals surface area contributed by atoms with Crippen molar-refractivity contribution in [2.75, 3.05) is 22.1 Å². The van der Waals surface area contributed by atoms with E-state index in [4.69, 9.17) is 0 Å². The second-order valence-electron chi connectivity index (χ2n) is 6.65. The van der Waals surface area contributed by atoms with Crippen LogP contribution < -0.4 is 10.6 Å². The molecule has 144 valence electrons. The molecule has 0 aromatic heterocycles. The molecule has 0 aliphatic rings. The highest BCUT2D eigenvalue weighted by Crippen LogP contribution is 2.23. The van der Waals surface area contributed by atoms with E-state index < -0.39 is 0 Å². The van der Waals surface area contributed by atoms with Crippen LogP contribution in [0.2, 0.25) is 0 Å². The third-order valence-corrected chi connectivity index (χ3v) is 5.33. The van der Waals surface area contributed by atoms with Crippen molar-refractivity contribution in [1.82, 2.24) is 0 Å². The van der Waals surface area contributed by atoms with Crippen molar-refractivity contribution in [1.29, 1.82) is 0 Å².